The molecule has 80 valence electrons. The zero-order valence-electron chi connectivity index (χ0n) is 7.37. The lowest BCUT2D eigenvalue weighted by Gasteiger charge is -2.00. The second kappa shape index (κ2) is 4.36. The summed E-state index contributed by atoms with van der Waals surface area (Å²) in [5.74, 6) is -2.89. The smallest absolute Gasteiger partial charge is 0.332 e. The predicted molar refractivity (Wildman–Crippen MR) is 48.3 cm³/mol. The number of primary amides is 1. The maximum atomic E-state index is 13.0. The van der Waals surface area contributed by atoms with E-state index in [9.17, 15) is 13.6 Å². The third-order valence-electron chi connectivity index (χ3n) is 1.48. The Balaban J connectivity index is 2.98. The number of nitrogens with one attached hydrogen (secondary N) is 1. The van der Waals surface area contributed by atoms with E-state index in [1.807, 2.05) is 0 Å². The summed E-state index contributed by atoms with van der Waals surface area (Å²) in [6.07, 6.45) is 0.749. The molecule has 1 aromatic carbocycles. The van der Waals surface area contributed by atoms with Crippen LogP contribution in [-0.2, 0) is 0 Å². The lowest BCUT2D eigenvalue weighted by molar-refractivity contribution is 0.249. The molecular weight excluding hydrogens is 208 g/mol. The normalized spacial score (nSPS) is 10.5. The molecule has 7 heteroatoms. The van der Waals surface area contributed by atoms with Crippen LogP contribution in [0.1, 0.15) is 5.56 Å². The van der Waals surface area contributed by atoms with E-state index in [4.69, 9.17) is 5.11 Å². The molecule has 4 N–H and O–H groups in total. The number of aromatic hydroxyl groups is 1. The third kappa shape index (κ3) is 2.63. The Morgan fingerprint density at radius 3 is 2.80 bits per heavy atom. The highest BCUT2D eigenvalue weighted by atomic mass is 19.2. The Morgan fingerprint density at radius 2 is 2.20 bits per heavy atom. The van der Waals surface area contributed by atoms with Crippen LogP contribution in [0.4, 0.5) is 13.6 Å². The molecule has 0 fully saturated rings. The molecule has 0 heterocycles. The SMILES string of the molecule is NC(=O)NN=Cc1c(O)ccc(F)c1F. The van der Waals surface area contributed by atoms with E-state index >= 15 is 0 Å². The van der Waals surface area contributed by atoms with Gasteiger partial charge in [-0.15, -0.1) is 0 Å². The Hall–Kier alpha value is -2.18. The molecule has 0 aliphatic rings. The van der Waals surface area contributed by atoms with Crippen molar-refractivity contribution in [2.45, 2.75) is 0 Å². The van der Waals surface area contributed by atoms with Gasteiger partial charge in [-0.2, -0.15) is 5.10 Å². The van der Waals surface area contributed by atoms with Gasteiger partial charge in [0.25, 0.3) is 0 Å². The van der Waals surface area contributed by atoms with Gasteiger partial charge in [-0.1, -0.05) is 0 Å². The van der Waals surface area contributed by atoms with E-state index in [0.29, 0.717) is 0 Å². The number of carbonyl (C=O) groups excluding carboxylic acids is 1. The van der Waals surface area contributed by atoms with Crippen LogP contribution in [0.25, 0.3) is 0 Å². The van der Waals surface area contributed by atoms with E-state index in [2.05, 4.69) is 10.8 Å². The highest BCUT2D eigenvalue weighted by Gasteiger charge is 2.10. The standard InChI is InChI=1S/C8H7F2N3O2/c9-5-1-2-6(14)4(7(5)10)3-12-13-8(11)15/h1-3,14H,(H3,11,13,15). The molecule has 1 rings (SSSR count). The third-order valence-corrected chi connectivity index (χ3v) is 1.48. The Kier molecular flexibility index (Phi) is 3.17. The molecular formula is C8H7F2N3O2. The van der Waals surface area contributed by atoms with E-state index in [-0.39, 0.29) is 0 Å². The van der Waals surface area contributed by atoms with Crippen LogP contribution in [0.15, 0.2) is 17.2 Å². The van der Waals surface area contributed by atoms with Gasteiger partial charge < -0.3 is 10.8 Å². The number of benzene rings is 1. The number of halogens is 2. The molecule has 15 heavy (non-hydrogen) atoms. The van der Waals surface area contributed by atoms with E-state index in [1.165, 1.54) is 0 Å². The number of urea groups is 1. The predicted octanol–water partition coefficient (Wildman–Crippen LogP) is 0.673. The molecule has 0 aromatic heterocycles. The molecule has 0 radical (unpaired) electrons. The molecule has 0 saturated heterocycles. The van der Waals surface area contributed by atoms with Gasteiger partial charge in [0.2, 0.25) is 0 Å². The summed E-state index contributed by atoms with van der Waals surface area (Å²) in [6, 6.07) is 0.774. The Labute approximate surface area is 83.2 Å². The first-order valence-electron chi connectivity index (χ1n) is 3.78. The number of hydrazone groups is 1. The van der Waals surface area contributed by atoms with E-state index in [1.54, 1.807) is 5.43 Å². The molecule has 5 nitrogen and oxygen atoms in total. The molecule has 0 aliphatic carbocycles. The fourth-order valence-electron chi connectivity index (χ4n) is 0.839. The minimum absolute atomic E-state index is 0.469. The monoisotopic (exact) mass is 215 g/mol. The molecule has 0 spiro atoms. The second-order valence-corrected chi connectivity index (χ2v) is 2.53. The van der Waals surface area contributed by atoms with Gasteiger partial charge in [0.05, 0.1) is 11.8 Å². The molecule has 0 aliphatic heterocycles. The number of phenolic OH excluding ortho intramolecular Hbond substituents is 1. The number of carbonyl (C=O) groups is 1. The molecule has 0 atom stereocenters. The first-order valence-corrected chi connectivity index (χ1v) is 3.78. The Morgan fingerprint density at radius 1 is 1.53 bits per heavy atom. The van der Waals surface area contributed by atoms with Gasteiger partial charge in [0.15, 0.2) is 11.6 Å². The van der Waals surface area contributed by atoms with E-state index in [0.717, 1.165) is 18.3 Å². The van der Waals surface area contributed by atoms with Crippen molar-refractivity contribution in [3.8, 4) is 5.75 Å². The van der Waals surface area contributed by atoms with Gasteiger partial charge >= 0.3 is 6.03 Å². The number of hydrogen-bond acceptors (Lipinski definition) is 3. The first kappa shape index (κ1) is 10.9. The zero-order valence-corrected chi connectivity index (χ0v) is 7.37. The van der Waals surface area contributed by atoms with Crippen LogP contribution in [0.5, 0.6) is 5.75 Å². The van der Waals surface area contributed by atoms with Crippen molar-refractivity contribution in [2.24, 2.45) is 10.8 Å². The average Bonchev–Trinajstić information content (AvgIpc) is 2.17. The summed E-state index contributed by atoms with van der Waals surface area (Å²) in [5.41, 5.74) is 5.98. The van der Waals surface area contributed by atoms with Crippen LogP contribution in [0, 0.1) is 11.6 Å². The van der Waals surface area contributed by atoms with Crippen molar-refractivity contribution in [3.63, 3.8) is 0 Å². The fourth-order valence-corrected chi connectivity index (χ4v) is 0.839. The minimum Gasteiger partial charge on any atom is -0.507 e. The largest absolute Gasteiger partial charge is 0.507 e. The van der Waals surface area contributed by atoms with Crippen LogP contribution >= 0.6 is 0 Å². The van der Waals surface area contributed by atoms with Crippen molar-refractivity contribution in [2.75, 3.05) is 0 Å². The molecule has 0 saturated carbocycles. The van der Waals surface area contributed by atoms with Crippen molar-refractivity contribution < 1.29 is 18.7 Å². The van der Waals surface area contributed by atoms with Gasteiger partial charge in [-0.25, -0.2) is 19.0 Å². The summed E-state index contributed by atoms with van der Waals surface area (Å²) in [5, 5.41) is 12.3. The number of hydrogen-bond donors (Lipinski definition) is 3. The number of nitrogens with zero attached hydrogens (tertiary/aromatic N) is 1. The van der Waals surface area contributed by atoms with Gasteiger partial charge in [0, 0.05) is 0 Å². The van der Waals surface area contributed by atoms with Gasteiger partial charge in [0.1, 0.15) is 5.75 Å². The average molecular weight is 215 g/mol. The lowest BCUT2D eigenvalue weighted by atomic mass is 10.2. The van der Waals surface area contributed by atoms with Crippen LogP contribution in [-0.4, -0.2) is 17.4 Å². The maximum absolute atomic E-state index is 13.0. The molecule has 2 amide bonds. The minimum atomic E-state index is -1.26. The topological polar surface area (TPSA) is 87.7 Å². The fraction of sp³-hybridized carbons (Fsp3) is 0. The highest BCUT2D eigenvalue weighted by Crippen LogP contribution is 2.20. The maximum Gasteiger partial charge on any atom is 0.332 e. The number of phenols is 1. The number of nitrogens with two attached hydrogens (primary N) is 1. The van der Waals surface area contributed by atoms with Crippen molar-refractivity contribution in [1.82, 2.24) is 5.43 Å². The highest BCUT2D eigenvalue weighted by molar-refractivity contribution is 5.84. The summed E-state index contributed by atoms with van der Waals surface area (Å²) < 4.78 is 25.7. The van der Waals surface area contributed by atoms with Crippen molar-refractivity contribution in [1.29, 1.82) is 0 Å². The summed E-state index contributed by atoms with van der Waals surface area (Å²) in [7, 11) is 0. The summed E-state index contributed by atoms with van der Waals surface area (Å²) in [6.45, 7) is 0. The van der Waals surface area contributed by atoms with Crippen LogP contribution in [0.3, 0.4) is 0 Å². The number of rotatable bonds is 2. The van der Waals surface area contributed by atoms with Crippen LogP contribution < -0.4 is 11.2 Å². The van der Waals surface area contributed by atoms with Gasteiger partial charge in [-0.05, 0) is 12.1 Å². The van der Waals surface area contributed by atoms with Crippen molar-refractivity contribution >= 4 is 12.2 Å². The quantitative estimate of drug-likeness (QED) is 0.500. The second-order valence-electron chi connectivity index (χ2n) is 2.53. The van der Waals surface area contributed by atoms with E-state index < -0.39 is 29.0 Å². The molecule has 0 unspecified atom stereocenters. The first-order chi connectivity index (χ1) is 7.02. The van der Waals surface area contributed by atoms with Gasteiger partial charge in [-0.3, -0.25) is 0 Å². The molecule has 1 aromatic rings. The summed E-state index contributed by atoms with van der Waals surface area (Å²) >= 11 is 0. The lowest BCUT2D eigenvalue weighted by Crippen LogP contribution is -2.24. The van der Waals surface area contributed by atoms with Crippen LogP contribution in [0.2, 0.25) is 0 Å². The molecule has 0 bridgehead atoms. The van der Waals surface area contributed by atoms with Crippen molar-refractivity contribution in [3.05, 3.63) is 29.3 Å². The zero-order chi connectivity index (χ0) is 11.4. The number of amides is 2. The summed E-state index contributed by atoms with van der Waals surface area (Å²) in [4.78, 5) is 10.2. The Bertz CT molecular complexity index is 421.